The second kappa shape index (κ2) is 10.0. The van der Waals surface area contributed by atoms with Gasteiger partial charge in [-0.1, -0.05) is 57.7 Å². The summed E-state index contributed by atoms with van der Waals surface area (Å²) in [7, 11) is 2.03. The van der Waals surface area contributed by atoms with Crippen molar-refractivity contribution in [2.75, 3.05) is 11.9 Å². The number of aliphatic hydroxyl groups is 1. The predicted octanol–water partition coefficient (Wildman–Crippen LogP) is 6.59. The first-order valence-electron chi connectivity index (χ1n) is 12.5. The number of hydrogen-bond acceptors (Lipinski definition) is 3. The molecule has 2 N–H and O–H groups in total. The molecule has 0 heterocycles. The van der Waals surface area contributed by atoms with Gasteiger partial charge in [0.05, 0.1) is 5.56 Å². The molecule has 0 bridgehead atoms. The first kappa shape index (κ1) is 26.4. The smallest absolute Gasteiger partial charge is 0.335 e. The van der Waals surface area contributed by atoms with Crippen LogP contribution in [0.2, 0.25) is 0 Å². The zero-order chi connectivity index (χ0) is 27.0. The van der Waals surface area contributed by atoms with Gasteiger partial charge in [0.25, 0.3) is 0 Å². The van der Waals surface area contributed by atoms with Crippen LogP contribution in [0.1, 0.15) is 84.8 Å². The van der Waals surface area contributed by atoms with Gasteiger partial charge in [0, 0.05) is 24.8 Å². The van der Waals surface area contributed by atoms with Crippen LogP contribution >= 0.6 is 0 Å². The number of aromatic carboxylic acids is 1. The standard InChI is InChI=1S/C32H34FNO3/c1-31(2)16-17-32(3,4)29-26(31)18-24(19-27(29)34(5)20-22-8-13-25(33)14-9-22)28(35)15-10-21-6-11-23(12-7-21)30(36)37/h6-9,11-14,18-19,28,35H,16-17,20H2,1-5H3,(H,36,37). The van der Waals surface area contributed by atoms with E-state index in [0.717, 1.165) is 29.7 Å². The molecular formula is C32H34FNO3. The van der Waals surface area contributed by atoms with E-state index in [-0.39, 0.29) is 22.2 Å². The second-order valence-corrected chi connectivity index (χ2v) is 11.3. The van der Waals surface area contributed by atoms with E-state index >= 15 is 0 Å². The molecule has 1 aliphatic carbocycles. The Balaban J connectivity index is 1.76. The molecule has 3 aromatic carbocycles. The molecule has 0 saturated carbocycles. The average Bonchev–Trinajstić information content (AvgIpc) is 2.86. The fourth-order valence-corrected chi connectivity index (χ4v) is 5.12. The average molecular weight is 500 g/mol. The summed E-state index contributed by atoms with van der Waals surface area (Å²) in [6.07, 6.45) is 1.08. The van der Waals surface area contributed by atoms with Gasteiger partial charge >= 0.3 is 5.97 Å². The number of fused-ring (bicyclic) bond motifs is 1. The van der Waals surface area contributed by atoms with Gasteiger partial charge in [0.1, 0.15) is 11.9 Å². The summed E-state index contributed by atoms with van der Waals surface area (Å²) in [5, 5.41) is 20.2. The fraction of sp³-hybridized carbons (Fsp3) is 0.344. The van der Waals surface area contributed by atoms with Crippen LogP contribution in [-0.2, 0) is 17.4 Å². The summed E-state index contributed by atoms with van der Waals surface area (Å²) in [5.41, 5.74) is 5.99. The second-order valence-electron chi connectivity index (χ2n) is 11.3. The summed E-state index contributed by atoms with van der Waals surface area (Å²) < 4.78 is 13.5. The zero-order valence-electron chi connectivity index (χ0n) is 22.1. The van der Waals surface area contributed by atoms with E-state index in [2.05, 4.69) is 50.5 Å². The number of aliphatic hydroxyl groups excluding tert-OH is 1. The molecular weight excluding hydrogens is 465 g/mol. The number of benzene rings is 3. The van der Waals surface area contributed by atoms with Gasteiger partial charge in [-0.25, -0.2) is 9.18 Å². The Hall–Kier alpha value is -3.62. The maximum Gasteiger partial charge on any atom is 0.335 e. The van der Waals surface area contributed by atoms with Gasteiger partial charge in [-0.15, -0.1) is 0 Å². The third-order valence-corrected chi connectivity index (χ3v) is 7.47. The van der Waals surface area contributed by atoms with Crippen LogP contribution in [0.25, 0.3) is 0 Å². The number of rotatable bonds is 5. The summed E-state index contributed by atoms with van der Waals surface area (Å²) >= 11 is 0. The van der Waals surface area contributed by atoms with E-state index in [1.807, 2.05) is 13.1 Å². The molecule has 1 atom stereocenters. The van der Waals surface area contributed by atoms with E-state index in [9.17, 15) is 14.3 Å². The Morgan fingerprint density at radius 3 is 2.24 bits per heavy atom. The minimum absolute atomic E-state index is 0.0434. The topological polar surface area (TPSA) is 60.8 Å². The molecule has 0 aromatic heterocycles. The highest BCUT2D eigenvalue weighted by Gasteiger charge is 2.40. The maximum atomic E-state index is 13.5. The van der Waals surface area contributed by atoms with Crippen LogP contribution in [0.15, 0.2) is 60.7 Å². The Kier molecular flexibility index (Phi) is 7.17. The lowest BCUT2D eigenvalue weighted by molar-refractivity contribution is 0.0697. The molecule has 1 aliphatic rings. The van der Waals surface area contributed by atoms with Crippen molar-refractivity contribution in [1.29, 1.82) is 0 Å². The van der Waals surface area contributed by atoms with Crippen LogP contribution in [0, 0.1) is 17.7 Å². The number of carboxylic acid groups (broad SMARTS) is 1. The number of anilines is 1. The van der Waals surface area contributed by atoms with E-state index in [0.29, 0.717) is 12.1 Å². The molecule has 0 amide bonds. The van der Waals surface area contributed by atoms with Crippen LogP contribution in [0.5, 0.6) is 0 Å². The summed E-state index contributed by atoms with van der Waals surface area (Å²) in [4.78, 5) is 13.3. The lowest BCUT2D eigenvalue weighted by Gasteiger charge is -2.44. The molecule has 192 valence electrons. The van der Waals surface area contributed by atoms with Crippen LogP contribution in [0.4, 0.5) is 10.1 Å². The minimum Gasteiger partial charge on any atom is -0.478 e. The van der Waals surface area contributed by atoms with Crippen molar-refractivity contribution in [1.82, 2.24) is 0 Å². The number of hydrogen-bond donors (Lipinski definition) is 2. The summed E-state index contributed by atoms with van der Waals surface area (Å²) in [6.45, 7) is 9.64. The lowest BCUT2D eigenvalue weighted by atomic mass is 9.62. The highest BCUT2D eigenvalue weighted by Crippen LogP contribution is 2.50. The molecule has 3 aromatic rings. The van der Waals surface area contributed by atoms with Gasteiger partial charge in [-0.3, -0.25) is 0 Å². The molecule has 0 aliphatic heterocycles. The number of carbonyl (C=O) groups is 1. The third kappa shape index (κ3) is 5.70. The van der Waals surface area contributed by atoms with Crippen molar-refractivity contribution in [2.24, 2.45) is 0 Å². The first-order valence-corrected chi connectivity index (χ1v) is 12.5. The SMILES string of the molecule is CN(Cc1ccc(F)cc1)c1cc(C(O)C#Cc2ccc(C(=O)O)cc2)cc2c1C(C)(C)CCC2(C)C. The fourth-order valence-electron chi connectivity index (χ4n) is 5.12. The van der Waals surface area contributed by atoms with Gasteiger partial charge < -0.3 is 15.1 Å². The summed E-state index contributed by atoms with van der Waals surface area (Å²) in [6, 6.07) is 17.0. The summed E-state index contributed by atoms with van der Waals surface area (Å²) in [5.74, 6) is 4.67. The van der Waals surface area contributed by atoms with Crippen LogP contribution in [0.3, 0.4) is 0 Å². The Labute approximate surface area is 218 Å². The quantitative estimate of drug-likeness (QED) is 0.389. The highest BCUT2D eigenvalue weighted by atomic mass is 19.1. The van der Waals surface area contributed by atoms with E-state index in [4.69, 9.17) is 5.11 Å². The molecule has 37 heavy (non-hydrogen) atoms. The van der Waals surface area contributed by atoms with E-state index < -0.39 is 12.1 Å². The van der Waals surface area contributed by atoms with Gasteiger partial charge in [-0.05, 0) is 88.4 Å². The van der Waals surface area contributed by atoms with E-state index in [1.165, 1.54) is 35.4 Å². The molecule has 0 fully saturated rings. The molecule has 0 saturated heterocycles. The Morgan fingerprint density at radius 2 is 1.62 bits per heavy atom. The molecule has 1 unspecified atom stereocenters. The van der Waals surface area contributed by atoms with Gasteiger partial charge in [-0.2, -0.15) is 0 Å². The third-order valence-electron chi connectivity index (χ3n) is 7.47. The normalized spacial score (nSPS) is 16.2. The first-order chi connectivity index (χ1) is 17.4. The van der Waals surface area contributed by atoms with Crippen molar-refractivity contribution < 1.29 is 19.4 Å². The van der Waals surface area contributed by atoms with Crippen molar-refractivity contribution in [2.45, 2.75) is 64.0 Å². The molecule has 5 heteroatoms. The lowest BCUT2D eigenvalue weighted by Crippen LogP contribution is -2.36. The van der Waals surface area contributed by atoms with Crippen LogP contribution < -0.4 is 4.90 Å². The molecule has 4 nitrogen and oxygen atoms in total. The largest absolute Gasteiger partial charge is 0.478 e. The van der Waals surface area contributed by atoms with Crippen LogP contribution in [-0.4, -0.2) is 23.2 Å². The Morgan fingerprint density at radius 1 is 1.00 bits per heavy atom. The minimum atomic E-state index is -1.01. The Bertz CT molecular complexity index is 1360. The molecule has 4 rings (SSSR count). The van der Waals surface area contributed by atoms with Crippen molar-refractivity contribution in [3.8, 4) is 11.8 Å². The predicted molar refractivity (Wildman–Crippen MR) is 145 cm³/mol. The monoisotopic (exact) mass is 499 g/mol. The number of nitrogens with zero attached hydrogens (tertiary/aromatic N) is 1. The number of carboxylic acids is 1. The molecule has 0 spiro atoms. The van der Waals surface area contributed by atoms with Gasteiger partial charge in [0.2, 0.25) is 0 Å². The van der Waals surface area contributed by atoms with E-state index in [1.54, 1.807) is 24.3 Å². The number of halogens is 1. The molecule has 0 radical (unpaired) electrons. The zero-order valence-corrected chi connectivity index (χ0v) is 22.1. The maximum absolute atomic E-state index is 13.5. The van der Waals surface area contributed by atoms with Crippen molar-refractivity contribution in [3.05, 3.63) is 99.9 Å². The highest BCUT2D eigenvalue weighted by molar-refractivity contribution is 5.87. The van der Waals surface area contributed by atoms with Gasteiger partial charge in [0.15, 0.2) is 0 Å². The van der Waals surface area contributed by atoms with Crippen molar-refractivity contribution in [3.63, 3.8) is 0 Å². The van der Waals surface area contributed by atoms with Crippen molar-refractivity contribution >= 4 is 11.7 Å².